The van der Waals surface area contributed by atoms with Crippen molar-refractivity contribution in [3.63, 3.8) is 0 Å². The van der Waals surface area contributed by atoms with Crippen molar-refractivity contribution in [2.45, 2.75) is 55.9 Å². The minimum absolute atomic E-state index is 0.0251. The molecule has 4 fully saturated rings. The summed E-state index contributed by atoms with van der Waals surface area (Å²) in [5, 5.41) is 8.74. The molecule has 2 atom stereocenters. The molecule has 2 aliphatic carbocycles. The van der Waals surface area contributed by atoms with Crippen molar-refractivity contribution in [1.29, 1.82) is 0 Å². The van der Waals surface area contributed by atoms with Crippen LogP contribution in [0.2, 0.25) is 0 Å². The molecule has 0 radical (unpaired) electrons. The fourth-order valence-electron chi connectivity index (χ4n) is 4.56. The van der Waals surface area contributed by atoms with Crippen LogP contribution in [-0.4, -0.2) is 47.4 Å². The summed E-state index contributed by atoms with van der Waals surface area (Å²) >= 11 is 0. The zero-order chi connectivity index (χ0) is 13.9. The quantitative estimate of drug-likeness (QED) is 0.853. The topological polar surface area (TPSA) is 51.4 Å². The molecule has 2 aliphatic heterocycles. The first-order chi connectivity index (χ1) is 10.4. The van der Waals surface area contributed by atoms with Gasteiger partial charge < -0.3 is 9.15 Å². The van der Waals surface area contributed by atoms with Gasteiger partial charge in [-0.15, -0.1) is 10.2 Å². The Labute approximate surface area is 125 Å². The van der Waals surface area contributed by atoms with Gasteiger partial charge in [-0.25, -0.2) is 0 Å². The van der Waals surface area contributed by atoms with Gasteiger partial charge in [0, 0.05) is 31.0 Å². The molecule has 1 aromatic rings. The van der Waals surface area contributed by atoms with Crippen LogP contribution in [0.5, 0.6) is 0 Å². The molecule has 5 rings (SSSR count). The zero-order valence-corrected chi connectivity index (χ0v) is 12.5. The lowest BCUT2D eigenvalue weighted by molar-refractivity contribution is 0.127. The standard InChI is InChI=1S/C16H23N3O2/c1-2-4-13(3-1)19-7-12-8-20-10-16(12,9-19)15-18-17-14(21-15)11-5-6-11/h11-13H,1-10H2/t12-,16-/m1/s1. The minimum atomic E-state index is -0.0251. The van der Waals surface area contributed by atoms with Gasteiger partial charge in [-0.3, -0.25) is 4.90 Å². The van der Waals surface area contributed by atoms with E-state index >= 15 is 0 Å². The summed E-state index contributed by atoms with van der Waals surface area (Å²) in [6, 6.07) is 0.776. The fourth-order valence-corrected chi connectivity index (χ4v) is 4.56. The highest BCUT2D eigenvalue weighted by atomic mass is 16.5. The fraction of sp³-hybridized carbons (Fsp3) is 0.875. The van der Waals surface area contributed by atoms with Crippen molar-refractivity contribution in [2.24, 2.45) is 5.92 Å². The van der Waals surface area contributed by atoms with Crippen molar-refractivity contribution >= 4 is 0 Å². The van der Waals surface area contributed by atoms with Gasteiger partial charge in [-0.05, 0) is 25.7 Å². The molecule has 5 heteroatoms. The molecule has 21 heavy (non-hydrogen) atoms. The van der Waals surface area contributed by atoms with Crippen molar-refractivity contribution in [3.05, 3.63) is 11.8 Å². The molecular formula is C16H23N3O2. The van der Waals surface area contributed by atoms with Gasteiger partial charge in [-0.2, -0.15) is 0 Å². The van der Waals surface area contributed by atoms with Gasteiger partial charge in [0.2, 0.25) is 11.8 Å². The van der Waals surface area contributed by atoms with Crippen molar-refractivity contribution < 1.29 is 9.15 Å². The molecule has 2 saturated carbocycles. The smallest absolute Gasteiger partial charge is 0.226 e. The zero-order valence-electron chi connectivity index (χ0n) is 12.5. The first-order valence-electron chi connectivity index (χ1n) is 8.51. The number of hydrogen-bond donors (Lipinski definition) is 0. The van der Waals surface area contributed by atoms with E-state index in [1.165, 1.54) is 38.5 Å². The third kappa shape index (κ3) is 1.90. The predicted molar refractivity (Wildman–Crippen MR) is 76.1 cm³/mol. The highest BCUT2D eigenvalue weighted by molar-refractivity contribution is 5.18. The number of fused-ring (bicyclic) bond motifs is 1. The van der Waals surface area contributed by atoms with E-state index in [1.54, 1.807) is 0 Å². The summed E-state index contributed by atoms with van der Waals surface area (Å²) in [6.07, 6.45) is 7.93. The lowest BCUT2D eigenvalue weighted by Crippen LogP contribution is -2.38. The highest BCUT2D eigenvalue weighted by Gasteiger charge is 2.56. The van der Waals surface area contributed by atoms with Gasteiger partial charge in [0.15, 0.2) is 0 Å². The first-order valence-corrected chi connectivity index (χ1v) is 8.51. The lowest BCUT2D eigenvalue weighted by Gasteiger charge is -2.26. The van der Waals surface area contributed by atoms with Gasteiger partial charge in [-0.1, -0.05) is 12.8 Å². The average molecular weight is 289 g/mol. The molecule has 1 aromatic heterocycles. The first kappa shape index (κ1) is 12.6. The third-order valence-corrected chi connectivity index (χ3v) is 6.03. The molecule has 2 saturated heterocycles. The van der Waals surface area contributed by atoms with E-state index in [9.17, 15) is 0 Å². The van der Waals surface area contributed by atoms with E-state index in [-0.39, 0.29) is 5.41 Å². The molecule has 5 nitrogen and oxygen atoms in total. The van der Waals surface area contributed by atoms with Crippen molar-refractivity contribution in [3.8, 4) is 0 Å². The predicted octanol–water partition coefficient (Wildman–Crippen LogP) is 2.09. The van der Waals surface area contributed by atoms with Gasteiger partial charge in [0.25, 0.3) is 0 Å². The maximum absolute atomic E-state index is 6.08. The molecule has 0 bridgehead atoms. The lowest BCUT2D eigenvalue weighted by atomic mass is 9.81. The van der Waals surface area contributed by atoms with Crippen LogP contribution in [0.4, 0.5) is 0 Å². The normalized spacial score (nSPS) is 37.4. The molecule has 4 aliphatic rings. The minimum Gasteiger partial charge on any atom is -0.424 e. The number of hydrogen-bond acceptors (Lipinski definition) is 5. The second-order valence-electron chi connectivity index (χ2n) is 7.46. The monoisotopic (exact) mass is 289 g/mol. The van der Waals surface area contributed by atoms with E-state index in [2.05, 4.69) is 15.1 Å². The summed E-state index contributed by atoms with van der Waals surface area (Å²) in [6.45, 7) is 3.80. The van der Waals surface area contributed by atoms with E-state index in [1.807, 2.05) is 0 Å². The third-order valence-electron chi connectivity index (χ3n) is 6.03. The molecule has 0 aromatic carbocycles. The number of nitrogens with zero attached hydrogens (tertiary/aromatic N) is 3. The summed E-state index contributed by atoms with van der Waals surface area (Å²) in [5.74, 6) is 2.79. The van der Waals surface area contributed by atoms with Crippen LogP contribution in [0.3, 0.4) is 0 Å². The van der Waals surface area contributed by atoms with Crippen molar-refractivity contribution in [2.75, 3.05) is 26.3 Å². The largest absolute Gasteiger partial charge is 0.424 e. The molecular weight excluding hydrogens is 266 g/mol. The summed E-state index contributed by atoms with van der Waals surface area (Å²) in [5.41, 5.74) is -0.0251. The van der Waals surface area contributed by atoms with Gasteiger partial charge >= 0.3 is 0 Å². The second kappa shape index (κ2) is 4.53. The summed E-state index contributed by atoms with van der Waals surface area (Å²) in [7, 11) is 0. The van der Waals surface area contributed by atoms with E-state index < -0.39 is 0 Å². The Morgan fingerprint density at radius 2 is 1.95 bits per heavy atom. The Balaban J connectivity index is 1.43. The van der Waals surface area contributed by atoms with E-state index in [4.69, 9.17) is 9.15 Å². The number of aromatic nitrogens is 2. The van der Waals surface area contributed by atoms with E-state index in [0.717, 1.165) is 44.1 Å². The van der Waals surface area contributed by atoms with Crippen LogP contribution in [-0.2, 0) is 10.2 Å². The highest BCUT2D eigenvalue weighted by Crippen LogP contribution is 2.47. The summed E-state index contributed by atoms with van der Waals surface area (Å²) in [4.78, 5) is 2.68. The van der Waals surface area contributed by atoms with Crippen LogP contribution in [0.15, 0.2) is 4.42 Å². The molecule has 0 spiro atoms. The average Bonchev–Trinajstić information content (AvgIpc) is 2.97. The molecule has 3 heterocycles. The molecule has 0 unspecified atom stereocenters. The SMILES string of the molecule is C1CCC(N2C[C@@H]3COC[C@]3(c3nnc(C4CC4)o3)C2)C1. The van der Waals surface area contributed by atoms with Crippen LogP contribution < -0.4 is 0 Å². The number of rotatable bonds is 3. The Morgan fingerprint density at radius 3 is 2.76 bits per heavy atom. The van der Waals surface area contributed by atoms with Crippen LogP contribution in [0.1, 0.15) is 56.2 Å². The van der Waals surface area contributed by atoms with Gasteiger partial charge in [0.1, 0.15) is 0 Å². The Kier molecular flexibility index (Phi) is 2.71. The maximum Gasteiger partial charge on any atom is 0.226 e. The second-order valence-corrected chi connectivity index (χ2v) is 7.46. The molecule has 0 amide bonds. The molecule has 114 valence electrons. The Bertz CT molecular complexity index is 535. The van der Waals surface area contributed by atoms with Gasteiger partial charge in [0.05, 0.1) is 18.6 Å². The molecule has 0 N–H and O–H groups in total. The van der Waals surface area contributed by atoms with Crippen LogP contribution in [0.25, 0.3) is 0 Å². The summed E-state index contributed by atoms with van der Waals surface area (Å²) < 4.78 is 11.9. The maximum atomic E-state index is 6.08. The number of ether oxygens (including phenoxy) is 1. The Morgan fingerprint density at radius 1 is 1.10 bits per heavy atom. The van der Waals surface area contributed by atoms with Crippen molar-refractivity contribution in [1.82, 2.24) is 15.1 Å². The Hall–Kier alpha value is -0.940. The van der Waals surface area contributed by atoms with Crippen LogP contribution in [0, 0.1) is 5.92 Å². The van der Waals surface area contributed by atoms with E-state index in [0.29, 0.717) is 11.8 Å². The van der Waals surface area contributed by atoms with Crippen LogP contribution >= 0.6 is 0 Å². The number of likely N-dealkylation sites (tertiary alicyclic amines) is 1.